The van der Waals surface area contributed by atoms with Gasteiger partial charge in [-0.05, 0) is 37.0 Å². The summed E-state index contributed by atoms with van der Waals surface area (Å²) >= 11 is 0. The summed E-state index contributed by atoms with van der Waals surface area (Å²) in [6.07, 6.45) is 2.89. The highest BCUT2D eigenvalue weighted by Gasteiger charge is 2.12. The highest BCUT2D eigenvalue weighted by atomic mass is 16.3. The van der Waals surface area contributed by atoms with Gasteiger partial charge in [0.15, 0.2) is 0 Å². The second-order valence-electron chi connectivity index (χ2n) is 4.77. The normalized spacial score (nSPS) is 12.9. The first-order chi connectivity index (χ1) is 7.54. The number of nitrogens with zero attached hydrogens (tertiary/aromatic N) is 2. The minimum atomic E-state index is 0.0714. The molecule has 1 unspecified atom stereocenters. The molecule has 0 bridgehead atoms. The molecule has 0 fully saturated rings. The molecule has 0 aliphatic heterocycles. The molecule has 0 aromatic carbocycles. The van der Waals surface area contributed by atoms with Gasteiger partial charge in [0, 0.05) is 19.3 Å². The molecule has 1 rings (SSSR count). The van der Waals surface area contributed by atoms with E-state index < -0.39 is 0 Å². The topological polar surface area (TPSA) is 36.4 Å². The standard InChI is InChI=1S/C13H22N2O/c1-10(2)7-11(3)15(4)13-8-12(9-16)5-6-14-13/h5-6,8,10-11,16H,7,9H2,1-4H3. The minimum absolute atomic E-state index is 0.0714. The van der Waals surface area contributed by atoms with Crippen molar-refractivity contribution in [3.63, 3.8) is 0 Å². The average Bonchev–Trinajstić information content (AvgIpc) is 2.27. The third-order valence-electron chi connectivity index (χ3n) is 2.83. The van der Waals surface area contributed by atoms with Gasteiger partial charge in [-0.25, -0.2) is 4.98 Å². The Labute approximate surface area is 98.1 Å². The van der Waals surface area contributed by atoms with Crippen molar-refractivity contribution in [2.24, 2.45) is 5.92 Å². The van der Waals surface area contributed by atoms with E-state index in [2.05, 4.69) is 37.7 Å². The molecular weight excluding hydrogens is 200 g/mol. The predicted octanol–water partition coefficient (Wildman–Crippen LogP) is 2.44. The predicted molar refractivity (Wildman–Crippen MR) is 67.5 cm³/mol. The molecule has 1 atom stereocenters. The summed E-state index contributed by atoms with van der Waals surface area (Å²) in [5.74, 6) is 1.61. The zero-order valence-electron chi connectivity index (χ0n) is 10.6. The number of aromatic nitrogens is 1. The summed E-state index contributed by atoms with van der Waals surface area (Å²) in [6, 6.07) is 4.24. The number of anilines is 1. The van der Waals surface area contributed by atoms with E-state index in [1.165, 1.54) is 0 Å². The van der Waals surface area contributed by atoms with E-state index >= 15 is 0 Å². The fourth-order valence-electron chi connectivity index (χ4n) is 1.82. The molecule has 0 radical (unpaired) electrons. The molecule has 3 nitrogen and oxygen atoms in total. The maximum absolute atomic E-state index is 9.08. The molecule has 16 heavy (non-hydrogen) atoms. The number of hydrogen-bond donors (Lipinski definition) is 1. The highest BCUT2D eigenvalue weighted by Crippen LogP contribution is 2.17. The van der Waals surface area contributed by atoms with Gasteiger partial charge in [0.1, 0.15) is 5.82 Å². The van der Waals surface area contributed by atoms with Crippen molar-refractivity contribution in [1.82, 2.24) is 4.98 Å². The lowest BCUT2D eigenvalue weighted by Crippen LogP contribution is -2.30. The van der Waals surface area contributed by atoms with Gasteiger partial charge >= 0.3 is 0 Å². The van der Waals surface area contributed by atoms with Gasteiger partial charge in [0.2, 0.25) is 0 Å². The van der Waals surface area contributed by atoms with Crippen molar-refractivity contribution in [2.45, 2.75) is 39.8 Å². The van der Waals surface area contributed by atoms with Crippen LogP contribution in [0, 0.1) is 5.92 Å². The Morgan fingerprint density at radius 3 is 2.62 bits per heavy atom. The van der Waals surface area contributed by atoms with Crippen LogP contribution in [0.25, 0.3) is 0 Å². The van der Waals surface area contributed by atoms with Crippen LogP contribution in [0.4, 0.5) is 5.82 Å². The molecule has 0 saturated carbocycles. The first-order valence-electron chi connectivity index (χ1n) is 5.83. The van der Waals surface area contributed by atoms with E-state index in [-0.39, 0.29) is 6.61 Å². The van der Waals surface area contributed by atoms with Gasteiger partial charge in [-0.2, -0.15) is 0 Å². The van der Waals surface area contributed by atoms with E-state index in [1.54, 1.807) is 6.20 Å². The Balaban J connectivity index is 2.74. The molecule has 0 spiro atoms. The summed E-state index contributed by atoms with van der Waals surface area (Å²) in [5.41, 5.74) is 0.911. The van der Waals surface area contributed by atoms with E-state index in [0.29, 0.717) is 12.0 Å². The Morgan fingerprint density at radius 2 is 2.06 bits per heavy atom. The van der Waals surface area contributed by atoms with Crippen LogP contribution in [0.3, 0.4) is 0 Å². The lowest BCUT2D eigenvalue weighted by atomic mass is 10.0. The van der Waals surface area contributed by atoms with Crippen LogP contribution in [0.2, 0.25) is 0 Å². The van der Waals surface area contributed by atoms with Gasteiger partial charge in [0.05, 0.1) is 6.61 Å². The van der Waals surface area contributed by atoms with Crippen molar-refractivity contribution in [3.05, 3.63) is 23.9 Å². The molecule has 1 heterocycles. The molecule has 0 aliphatic carbocycles. The summed E-state index contributed by atoms with van der Waals surface area (Å²) in [4.78, 5) is 6.50. The molecule has 3 heteroatoms. The van der Waals surface area contributed by atoms with E-state index in [1.807, 2.05) is 12.1 Å². The first kappa shape index (κ1) is 13.0. The molecule has 1 N–H and O–H groups in total. The van der Waals surface area contributed by atoms with Crippen molar-refractivity contribution in [3.8, 4) is 0 Å². The Kier molecular flexibility index (Phi) is 4.74. The second kappa shape index (κ2) is 5.85. The van der Waals surface area contributed by atoms with Gasteiger partial charge in [0.25, 0.3) is 0 Å². The monoisotopic (exact) mass is 222 g/mol. The van der Waals surface area contributed by atoms with E-state index in [9.17, 15) is 0 Å². The fourth-order valence-corrected chi connectivity index (χ4v) is 1.82. The summed E-state index contributed by atoms with van der Waals surface area (Å²) in [6.45, 7) is 6.72. The number of rotatable bonds is 5. The van der Waals surface area contributed by atoms with Crippen molar-refractivity contribution >= 4 is 5.82 Å². The van der Waals surface area contributed by atoms with Crippen molar-refractivity contribution in [1.29, 1.82) is 0 Å². The zero-order chi connectivity index (χ0) is 12.1. The Bertz CT molecular complexity index is 325. The van der Waals surface area contributed by atoms with E-state index in [0.717, 1.165) is 17.8 Å². The number of aliphatic hydroxyl groups excluding tert-OH is 1. The zero-order valence-corrected chi connectivity index (χ0v) is 10.6. The molecule has 1 aromatic rings. The summed E-state index contributed by atoms with van der Waals surface area (Å²) in [5, 5.41) is 9.08. The lowest BCUT2D eigenvalue weighted by molar-refractivity contribution is 0.281. The fraction of sp³-hybridized carbons (Fsp3) is 0.615. The van der Waals surface area contributed by atoms with Crippen LogP contribution < -0.4 is 4.90 Å². The quantitative estimate of drug-likeness (QED) is 0.831. The van der Waals surface area contributed by atoms with Crippen molar-refractivity contribution in [2.75, 3.05) is 11.9 Å². The maximum atomic E-state index is 9.08. The van der Waals surface area contributed by atoms with Crippen LogP contribution in [0.5, 0.6) is 0 Å². The lowest BCUT2D eigenvalue weighted by Gasteiger charge is -2.27. The largest absolute Gasteiger partial charge is 0.392 e. The summed E-state index contributed by atoms with van der Waals surface area (Å²) < 4.78 is 0. The second-order valence-corrected chi connectivity index (χ2v) is 4.77. The molecule has 0 aliphatic rings. The van der Waals surface area contributed by atoms with Crippen LogP contribution in [0.15, 0.2) is 18.3 Å². The van der Waals surface area contributed by atoms with Crippen LogP contribution >= 0.6 is 0 Å². The Hall–Kier alpha value is -1.09. The van der Waals surface area contributed by atoms with Gasteiger partial charge < -0.3 is 10.0 Å². The molecule has 1 aromatic heterocycles. The average molecular weight is 222 g/mol. The smallest absolute Gasteiger partial charge is 0.128 e. The van der Waals surface area contributed by atoms with Crippen molar-refractivity contribution < 1.29 is 5.11 Å². The SMILES string of the molecule is CC(C)CC(C)N(C)c1cc(CO)ccn1. The molecule has 0 amide bonds. The molecule has 90 valence electrons. The number of pyridine rings is 1. The number of hydrogen-bond acceptors (Lipinski definition) is 3. The van der Waals surface area contributed by atoms with Gasteiger partial charge in [-0.3, -0.25) is 0 Å². The van der Waals surface area contributed by atoms with Gasteiger partial charge in [-0.15, -0.1) is 0 Å². The maximum Gasteiger partial charge on any atom is 0.128 e. The third kappa shape index (κ3) is 3.49. The van der Waals surface area contributed by atoms with Crippen LogP contribution in [-0.4, -0.2) is 23.2 Å². The van der Waals surface area contributed by atoms with E-state index in [4.69, 9.17) is 5.11 Å². The molecular formula is C13H22N2O. The molecule has 0 saturated heterocycles. The Morgan fingerprint density at radius 1 is 1.38 bits per heavy atom. The van der Waals surface area contributed by atoms with Crippen LogP contribution in [0.1, 0.15) is 32.8 Å². The number of aliphatic hydroxyl groups is 1. The first-order valence-corrected chi connectivity index (χ1v) is 5.83. The summed E-state index contributed by atoms with van der Waals surface area (Å²) in [7, 11) is 2.05. The van der Waals surface area contributed by atoms with Gasteiger partial charge in [-0.1, -0.05) is 13.8 Å². The third-order valence-corrected chi connectivity index (χ3v) is 2.83. The minimum Gasteiger partial charge on any atom is -0.392 e. The van der Waals surface area contributed by atoms with Crippen LogP contribution in [-0.2, 0) is 6.61 Å². The highest BCUT2D eigenvalue weighted by molar-refractivity contribution is 5.40.